The molecule has 3 heteroatoms. The van der Waals surface area contributed by atoms with Crippen molar-refractivity contribution in [1.29, 1.82) is 0 Å². The molecule has 2 atom stereocenters. The van der Waals surface area contributed by atoms with Crippen molar-refractivity contribution in [3.05, 3.63) is 129 Å². The molecule has 0 nitrogen and oxygen atoms in total. The molecular weight excluding hydrogens is 802 g/mol. The van der Waals surface area contributed by atoms with Crippen LogP contribution in [0.25, 0.3) is 34.4 Å². The second-order valence-electron chi connectivity index (χ2n) is 16.8. The third-order valence-corrected chi connectivity index (χ3v) is 30.1. The Morgan fingerprint density at radius 2 is 0.898 bits per heavy atom. The van der Waals surface area contributed by atoms with E-state index in [4.69, 9.17) is 0 Å². The first kappa shape index (κ1) is 38.1. The molecule has 1 aliphatic heterocycles. The minimum Gasteiger partial charge on any atom is -1.00 e. The number of fused-ring (bicyclic) bond motifs is 2. The van der Waals surface area contributed by atoms with Gasteiger partial charge in [0.1, 0.15) is 0 Å². The fourth-order valence-corrected chi connectivity index (χ4v) is 38.3. The van der Waals surface area contributed by atoms with E-state index in [-0.39, 0.29) is 35.6 Å². The van der Waals surface area contributed by atoms with Crippen molar-refractivity contribution < 1.29 is 44.8 Å². The Balaban J connectivity index is 0.00000234. The van der Waals surface area contributed by atoms with Crippen LogP contribution in [-0.4, -0.2) is 0 Å². The van der Waals surface area contributed by atoms with E-state index < -0.39 is 20.0 Å². The smallest absolute Gasteiger partial charge is 1.00 e. The SMILES string of the molecule is CCCc1ccc(-c2cccc3c2C=C(C(C)(C)C)[CH]3[Hf+2]2([CH]3C(C(C)(C)C)=Cc4c(-c5ccc(CCC)cc5)cccc43)[CH2][CH2]2)cc1.[Cl-].[Cl-]. The van der Waals surface area contributed by atoms with Crippen molar-refractivity contribution in [3.63, 3.8) is 0 Å². The van der Waals surface area contributed by atoms with Gasteiger partial charge in [-0.2, -0.15) is 0 Å². The van der Waals surface area contributed by atoms with Gasteiger partial charge in [-0.1, -0.05) is 0 Å². The Morgan fingerprint density at radius 1 is 0.531 bits per heavy atom. The summed E-state index contributed by atoms with van der Waals surface area (Å²) in [6.45, 7) is 19.4. The molecular formula is C46H54Cl2Hf. The third-order valence-electron chi connectivity index (χ3n) is 11.4. The van der Waals surface area contributed by atoms with Crippen LogP contribution in [0.1, 0.15) is 109 Å². The topological polar surface area (TPSA) is 0 Å². The number of aryl methyl sites for hydroxylation is 2. The Bertz CT molecular complexity index is 1720. The summed E-state index contributed by atoms with van der Waals surface area (Å²) in [4.78, 5) is 0. The molecule has 1 heterocycles. The molecule has 0 amide bonds. The average Bonchev–Trinajstić information content (AvgIpc) is 3.54. The first-order chi connectivity index (χ1) is 22.5. The fraction of sp³-hybridized carbons (Fsp3) is 0.391. The summed E-state index contributed by atoms with van der Waals surface area (Å²) >= 11 is -3.08. The minimum absolute atomic E-state index is 0. The molecule has 49 heavy (non-hydrogen) atoms. The van der Waals surface area contributed by atoms with Crippen LogP contribution < -0.4 is 24.8 Å². The van der Waals surface area contributed by atoms with E-state index in [0.29, 0.717) is 7.35 Å². The molecule has 0 N–H and O–H groups in total. The number of benzene rings is 4. The van der Waals surface area contributed by atoms with Gasteiger partial charge in [0.25, 0.3) is 0 Å². The molecule has 2 aliphatic carbocycles. The summed E-state index contributed by atoms with van der Waals surface area (Å²) in [6.07, 6.45) is 10.0. The second kappa shape index (κ2) is 14.4. The Kier molecular flexibility index (Phi) is 11.2. The van der Waals surface area contributed by atoms with E-state index in [2.05, 4.69) is 152 Å². The monoisotopic (exact) mass is 856 g/mol. The maximum atomic E-state index is 2.67. The van der Waals surface area contributed by atoms with Gasteiger partial charge in [0.2, 0.25) is 0 Å². The predicted octanol–water partition coefficient (Wildman–Crippen LogP) is 7.61. The number of rotatable bonds is 8. The molecule has 4 aromatic carbocycles. The van der Waals surface area contributed by atoms with Gasteiger partial charge in [-0.3, -0.25) is 0 Å². The van der Waals surface area contributed by atoms with Gasteiger partial charge in [-0.15, -0.1) is 0 Å². The molecule has 0 saturated carbocycles. The summed E-state index contributed by atoms with van der Waals surface area (Å²) in [5, 5.41) is 0. The van der Waals surface area contributed by atoms with Gasteiger partial charge in [0, 0.05) is 0 Å². The molecule has 0 aromatic heterocycles. The van der Waals surface area contributed by atoms with Crippen molar-refractivity contribution in [2.45, 2.75) is 96.8 Å². The standard InChI is InChI=1S/2C22H25.C2H4.2ClH.Hf/c2*1-5-7-16-10-12-17(13-11-16)20-9-6-8-18-14-19(15-21(18)20)22(2,3)4;1-2;;;/h2*6,8-15H,5,7H2,1-4H3;1-2H2;2*1H;/q;;;;;+2/p-2. The Labute approximate surface area is 314 Å². The zero-order valence-electron chi connectivity index (χ0n) is 30.9. The van der Waals surface area contributed by atoms with E-state index >= 15 is 0 Å². The van der Waals surface area contributed by atoms with Crippen LogP contribution in [0, 0.1) is 10.8 Å². The van der Waals surface area contributed by atoms with E-state index in [1.54, 1.807) is 22.3 Å². The van der Waals surface area contributed by atoms with Gasteiger partial charge in [0.05, 0.1) is 0 Å². The van der Waals surface area contributed by atoms with Crippen LogP contribution in [0.5, 0.6) is 0 Å². The molecule has 1 saturated heterocycles. The van der Waals surface area contributed by atoms with Gasteiger partial charge in [-0.05, 0) is 0 Å². The molecule has 2 unspecified atom stereocenters. The summed E-state index contributed by atoms with van der Waals surface area (Å²) in [6, 6.07) is 33.5. The number of hydrogen-bond acceptors (Lipinski definition) is 0. The quantitative estimate of drug-likeness (QED) is 0.160. The van der Waals surface area contributed by atoms with Gasteiger partial charge in [0.15, 0.2) is 0 Å². The summed E-state index contributed by atoms with van der Waals surface area (Å²) < 4.78 is 4.26. The zero-order chi connectivity index (χ0) is 33.1. The van der Waals surface area contributed by atoms with Crippen LogP contribution in [0.15, 0.2) is 96.1 Å². The Morgan fingerprint density at radius 3 is 1.20 bits per heavy atom. The normalized spacial score (nSPS) is 18.2. The fourth-order valence-electron chi connectivity index (χ4n) is 9.01. The van der Waals surface area contributed by atoms with Crippen LogP contribution >= 0.6 is 0 Å². The summed E-state index contributed by atoms with van der Waals surface area (Å²) in [5.41, 5.74) is 18.5. The number of allylic oxidation sites excluding steroid dienone is 2. The van der Waals surface area contributed by atoms with Crippen molar-refractivity contribution in [2.75, 3.05) is 0 Å². The first-order valence-corrected chi connectivity index (χ1v) is 27.6. The van der Waals surface area contributed by atoms with Crippen molar-refractivity contribution in [2.24, 2.45) is 10.8 Å². The first-order valence-electron chi connectivity index (χ1n) is 18.3. The van der Waals surface area contributed by atoms with E-state index in [1.165, 1.54) is 65.7 Å². The third kappa shape index (κ3) is 6.91. The summed E-state index contributed by atoms with van der Waals surface area (Å²) in [7, 11) is 0. The largest absolute Gasteiger partial charge is 1.00 e. The van der Waals surface area contributed by atoms with Crippen LogP contribution in [0.3, 0.4) is 0 Å². The number of hydrogen-bond donors (Lipinski definition) is 0. The number of halogens is 2. The molecule has 7 rings (SSSR count). The average molecular weight is 856 g/mol. The van der Waals surface area contributed by atoms with Crippen molar-refractivity contribution in [1.82, 2.24) is 0 Å². The van der Waals surface area contributed by atoms with E-state index in [1.807, 2.05) is 0 Å². The molecule has 256 valence electrons. The minimum atomic E-state index is -3.08. The maximum Gasteiger partial charge on any atom is -1.00 e. The molecule has 3 aliphatic rings. The van der Waals surface area contributed by atoms with E-state index in [0.717, 1.165) is 12.8 Å². The molecule has 0 spiro atoms. The van der Waals surface area contributed by atoms with Gasteiger partial charge >= 0.3 is 291 Å². The van der Waals surface area contributed by atoms with Crippen LogP contribution in [-0.2, 0) is 32.8 Å². The molecule has 1 fully saturated rings. The van der Waals surface area contributed by atoms with E-state index in [9.17, 15) is 0 Å². The Hall–Kier alpha value is -2.19. The van der Waals surface area contributed by atoms with Crippen LogP contribution in [0.2, 0.25) is 8.35 Å². The molecule has 0 radical (unpaired) electrons. The van der Waals surface area contributed by atoms with Crippen LogP contribution in [0.4, 0.5) is 0 Å². The van der Waals surface area contributed by atoms with Crippen molar-refractivity contribution >= 4 is 12.2 Å². The molecule has 4 aromatic rings. The second-order valence-corrected chi connectivity index (χ2v) is 33.4. The van der Waals surface area contributed by atoms with Gasteiger partial charge < -0.3 is 24.8 Å². The zero-order valence-corrected chi connectivity index (χ0v) is 36.0. The van der Waals surface area contributed by atoms with Crippen molar-refractivity contribution in [3.8, 4) is 22.3 Å². The summed E-state index contributed by atoms with van der Waals surface area (Å²) in [5.74, 6) is 0. The predicted molar refractivity (Wildman–Crippen MR) is 202 cm³/mol. The molecule has 0 bridgehead atoms. The van der Waals surface area contributed by atoms with Gasteiger partial charge in [-0.25, -0.2) is 0 Å². The maximum absolute atomic E-state index is 3.08.